The SMILES string of the molecule is CSc1ccc(N2CCCC(C(C)O)C2)nn1. The maximum absolute atomic E-state index is 9.66. The minimum absolute atomic E-state index is 0.240. The van der Waals surface area contributed by atoms with Crippen molar-refractivity contribution in [3.8, 4) is 0 Å². The van der Waals surface area contributed by atoms with Crippen molar-refractivity contribution >= 4 is 17.6 Å². The van der Waals surface area contributed by atoms with Crippen molar-refractivity contribution in [1.82, 2.24) is 10.2 Å². The fourth-order valence-corrected chi connectivity index (χ4v) is 2.53. The molecule has 0 radical (unpaired) electrons. The van der Waals surface area contributed by atoms with Gasteiger partial charge in [0.15, 0.2) is 5.82 Å². The Hall–Kier alpha value is -0.810. The van der Waals surface area contributed by atoms with Gasteiger partial charge in [0.1, 0.15) is 5.03 Å². The Bertz CT molecular complexity index is 355. The second-order valence-electron chi connectivity index (χ2n) is 4.52. The fraction of sp³-hybridized carbons (Fsp3) is 0.667. The molecule has 0 amide bonds. The number of thioether (sulfide) groups is 1. The summed E-state index contributed by atoms with van der Waals surface area (Å²) in [5.41, 5.74) is 0. The summed E-state index contributed by atoms with van der Waals surface area (Å²) in [7, 11) is 0. The highest BCUT2D eigenvalue weighted by molar-refractivity contribution is 7.98. The second kappa shape index (κ2) is 5.69. The summed E-state index contributed by atoms with van der Waals surface area (Å²) in [5, 5.41) is 19.0. The summed E-state index contributed by atoms with van der Waals surface area (Å²) >= 11 is 1.60. The zero-order valence-electron chi connectivity index (χ0n) is 10.3. The van der Waals surface area contributed by atoms with Crippen LogP contribution in [0.2, 0.25) is 0 Å². The van der Waals surface area contributed by atoms with Gasteiger partial charge >= 0.3 is 0 Å². The molecule has 1 aromatic heterocycles. The van der Waals surface area contributed by atoms with Gasteiger partial charge in [-0.25, -0.2) is 0 Å². The van der Waals surface area contributed by atoms with Crippen LogP contribution < -0.4 is 4.90 Å². The molecule has 5 heteroatoms. The summed E-state index contributed by atoms with van der Waals surface area (Å²) in [6.45, 7) is 3.76. The molecule has 4 nitrogen and oxygen atoms in total. The molecular formula is C12H19N3OS. The van der Waals surface area contributed by atoms with Crippen LogP contribution in [0.5, 0.6) is 0 Å². The minimum atomic E-state index is -0.240. The second-order valence-corrected chi connectivity index (χ2v) is 5.35. The first-order chi connectivity index (χ1) is 8.20. The van der Waals surface area contributed by atoms with Gasteiger partial charge in [-0.3, -0.25) is 0 Å². The van der Waals surface area contributed by atoms with E-state index in [0.29, 0.717) is 5.92 Å². The summed E-state index contributed by atoms with van der Waals surface area (Å²) in [5.74, 6) is 1.28. The number of aliphatic hydroxyl groups is 1. The van der Waals surface area contributed by atoms with Crippen molar-refractivity contribution in [2.24, 2.45) is 5.92 Å². The number of hydrogen-bond acceptors (Lipinski definition) is 5. The number of rotatable bonds is 3. The van der Waals surface area contributed by atoms with Gasteiger partial charge in [0.05, 0.1) is 6.10 Å². The number of piperidine rings is 1. The van der Waals surface area contributed by atoms with Crippen LogP contribution in [-0.4, -0.2) is 40.8 Å². The van der Waals surface area contributed by atoms with Crippen LogP contribution in [0.1, 0.15) is 19.8 Å². The van der Waals surface area contributed by atoms with E-state index in [1.807, 2.05) is 25.3 Å². The summed E-state index contributed by atoms with van der Waals surface area (Å²) in [6.07, 6.45) is 3.97. The summed E-state index contributed by atoms with van der Waals surface area (Å²) < 4.78 is 0. The van der Waals surface area contributed by atoms with E-state index in [9.17, 15) is 5.11 Å². The number of hydrogen-bond donors (Lipinski definition) is 1. The predicted molar refractivity (Wildman–Crippen MR) is 70.4 cm³/mol. The van der Waals surface area contributed by atoms with Gasteiger partial charge in [0, 0.05) is 19.0 Å². The van der Waals surface area contributed by atoms with Gasteiger partial charge in [-0.15, -0.1) is 22.0 Å². The lowest BCUT2D eigenvalue weighted by molar-refractivity contribution is 0.115. The fourth-order valence-electron chi connectivity index (χ4n) is 2.20. The monoisotopic (exact) mass is 253 g/mol. The van der Waals surface area contributed by atoms with Gasteiger partial charge in [0.25, 0.3) is 0 Å². The normalized spacial score (nSPS) is 22.5. The van der Waals surface area contributed by atoms with Crippen molar-refractivity contribution in [3.05, 3.63) is 12.1 Å². The number of aromatic nitrogens is 2. The van der Waals surface area contributed by atoms with Gasteiger partial charge < -0.3 is 10.0 Å². The smallest absolute Gasteiger partial charge is 0.151 e. The highest BCUT2D eigenvalue weighted by Crippen LogP contribution is 2.24. The van der Waals surface area contributed by atoms with Crippen LogP contribution in [0, 0.1) is 5.92 Å². The molecule has 1 aromatic rings. The molecule has 0 saturated carbocycles. The van der Waals surface area contributed by atoms with E-state index in [-0.39, 0.29) is 6.10 Å². The molecule has 2 rings (SSSR count). The maximum atomic E-state index is 9.66. The molecule has 1 fully saturated rings. The minimum Gasteiger partial charge on any atom is -0.393 e. The number of aliphatic hydroxyl groups excluding tert-OH is 1. The first-order valence-electron chi connectivity index (χ1n) is 6.01. The van der Waals surface area contributed by atoms with Crippen LogP contribution in [0.25, 0.3) is 0 Å². The Kier molecular flexibility index (Phi) is 4.23. The molecule has 0 spiro atoms. The van der Waals surface area contributed by atoms with E-state index >= 15 is 0 Å². The van der Waals surface area contributed by atoms with Crippen LogP contribution in [0.3, 0.4) is 0 Å². The summed E-state index contributed by atoms with van der Waals surface area (Å²) in [6, 6.07) is 4.02. The van der Waals surface area contributed by atoms with Gasteiger partial charge in [-0.1, -0.05) is 0 Å². The Labute approximate surface area is 106 Å². The number of nitrogens with zero attached hydrogens (tertiary/aromatic N) is 3. The molecular weight excluding hydrogens is 234 g/mol. The first kappa shape index (κ1) is 12.6. The molecule has 2 atom stereocenters. The van der Waals surface area contributed by atoms with Crippen molar-refractivity contribution in [1.29, 1.82) is 0 Å². The van der Waals surface area contributed by atoms with Crippen molar-refractivity contribution in [2.45, 2.75) is 30.9 Å². The molecule has 0 aliphatic carbocycles. The third-order valence-electron chi connectivity index (χ3n) is 3.30. The van der Waals surface area contributed by atoms with Gasteiger partial charge in [0.2, 0.25) is 0 Å². The van der Waals surface area contributed by atoms with E-state index in [1.54, 1.807) is 11.8 Å². The zero-order chi connectivity index (χ0) is 12.3. The predicted octanol–water partition coefficient (Wildman–Crippen LogP) is 1.80. The van der Waals surface area contributed by atoms with Crippen molar-refractivity contribution in [2.75, 3.05) is 24.2 Å². The van der Waals surface area contributed by atoms with Gasteiger partial charge in [-0.2, -0.15) is 0 Å². The topological polar surface area (TPSA) is 49.2 Å². The maximum Gasteiger partial charge on any atom is 0.151 e. The first-order valence-corrected chi connectivity index (χ1v) is 7.24. The Morgan fingerprint density at radius 1 is 1.47 bits per heavy atom. The van der Waals surface area contributed by atoms with Crippen molar-refractivity contribution in [3.63, 3.8) is 0 Å². The number of anilines is 1. The van der Waals surface area contributed by atoms with E-state index in [1.165, 1.54) is 0 Å². The average molecular weight is 253 g/mol. The lowest BCUT2D eigenvalue weighted by atomic mass is 9.93. The van der Waals surface area contributed by atoms with Gasteiger partial charge in [-0.05, 0) is 38.2 Å². The molecule has 94 valence electrons. The highest BCUT2D eigenvalue weighted by atomic mass is 32.2. The molecule has 0 bridgehead atoms. The standard InChI is InChI=1S/C12H19N3OS/c1-9(16)10-4-3-7-15(8-10)11-5-6-12(17-2)14-13-11/h5-6,9-10,16H,3-4,7-8H2,1-2H3. The van der Waals surface area contributed by atoms with Crippen LogP contribution in [-0.2, 0) is 0 Å². The van der Waals surface area contributed by atoms with E-state index < -0.39 is 0 Å². The zero-order valence-corrected chi connectivity index (χ0v) is 11.2. The van der Waals surface area contributed by atoms with Crippen LogP contribution >= 0.6 is 11.8 Å². The molecule has 0 aromatic carbocycles. The Balaban J connectivity index is 2.05. The molecule has 2 unspecified atom stereocenters. The average Bonchev–Trinajstić information content (AvgIpc) is 2.39. The highest BCUT2D eigenvalue weighted by Gasteiger charge is 2.24. The molecule has 17 heavy (non-hydrogen) atoms. The van der Waals surface area contributed by atoms with Crippen molar-refractivity contribution < 1.29 is 5.11 Å². The lowest BCUT2D eigenvalue weighted by Crippen LogP contribution is -2.40. The Morgan fingerprint density at radius 2 is 2.29 bits per heavy atom. The third kappa shape index (κ3) is 3.10. The lowest BCUT2D eigenvalue weighted by Gasteiger charge is -2.34. The van der Waals surface area contributed by atoms with Crippen LogP contribution in [0.15, 0.2) is 17.2 Å². The van der Waals surface area contributed by atoms with E-state index in [2.05, 4.69) is 15.1 Å². The quantitative estimate of drug-likeness (QED) is 0.832. The molecule has 1 aliphatic heterocycles. The van der Waals surface area contributed by atoms with E-state index in [4.69, 9.17) is 0 Å². The largest absolute Gasteiger partial charge is 0.393 e. The summed E-state index contributed by atoms with van der Waals surface area (Å²) in [4.78, 5) is 2.22. The third-order valence-corrected chi connectivity index (χ3v) is 3.94. The molecule has 1 aliphatic rings. The van der Waals surface area contributed by atoms with E-state index in [0.717, 1.165) is 36.8 Å². The van der Waals surface area contributed by atoms with Crippen LogP contribution in [0.4, 0.5) is 5.82 Å². The molecule has 2 heterocycles. The molecule has 1 N–H and O–H groups in total. The Morgan fingerprint density at radius 3 is 2.88 bits per heavy atom. The molecule has 1 saturated heterocycles.